The van der Waals surface area contributed by atoms with Crippen molar-refractivity contribution in [3.63, 3.8) is 0 Å². The minimum Gasteiger partial charge on any atom is -0.358 e. The van der Waals surface area contributed by atoms with Crippen molar-refractivity contribution >= 4 is 33.3 Å². The van der Waals surface area contributed by atoms with Gasteiger partial charge in [0.15, 0.2) is 0 Å². The monoisotopic (exact) mass is 366 g/mol. The zero-order valence-corrected chi connectivity index (χ0v) is 13.5. The van der Waals surface area contributed by atoms with Crippen LogP contribution in [-0.2, 0) is 11.3 Å². The predicted molar refractivity (Wildman–Crippen MR) is 85.6 cm³/mol. The molecule has 1 aromatic heterocycles. The molecule has 0 aliphatic carbocycles. The second-order valence-electron chi connectivity index (χ2n) is 4.78. The van der Waals surface area contributed by atoms with Crippen molar-refractivity contribution in [1.29, 1.82) is 0 Å². The van der Waals surface area contributed by atoms with Gasteiger partial charge in [0.05, 0.1) is 23.4 Å². The summed E-state index contributed by atoms with van der Waals surface area (Å²) in [5.41, 5.74) is 1.44. The van der Waals surface area contributed by atoms with Crippen LogP contribution in [0.5, 0.6) is 0 Å². The van der Waals surface area contributed by atoms with Gasteiger partial charge in [-0.05, 0) is 42.5 Å². The molecule has 0 atom stereocenters. The van der Waals surface area contributed by atoms with Gasteiger partial charge in [-0.2, -0.15) is 4.68 Å². The molecule has 8 heteroatoms. The molecule has 116 valence electrons. The number of anilines is 1. The van der Waals surface area contributed by atoms with Gasteiger partial charge in [-0.25, -0.2) is 0 Å². The number of nitrogens with one attached hydrogen (secondary N) is 1. The topological polar surface area (TPSA) is 90.1 Å². The molecule has 0 bridgehead atoms. The number of benzene rings is 1. The molecule has 0 saturated carbocycles. The number of amides is 1. The van der Waals surface area contributed by atoms with Gasteiger partial charge in [0.1, 0.15) is 0 Å². The number of hydrogen-bond acceptors (Lipinski definition) is 4. The summed E-state index contributed by atoms with van der Waals surface area (Å²) in [5, 5.41) is 17.3. The van der Waals surface area contributed by atoms with E-state index in [2.05, 4.69) is 26.3 Å². The second-order valence-corrected chi connectivity index (χ2v) is 5.70. The molecule has 0 radical (unpaired) electrons. The number of nitrogens with zero attached hydrogens (tertiary/aromatic N) is 3. The highest BCUT2D eigenvalue weighted by Crippen LogP contribution is 2.15. The molecule has 0 saturated heterocycles. The maximum atomic E-state index is 11.8. The van der Waals surface area contributed by atoms with E-state index in [-0.39, 0.29) is 11.7 Å². The lowest BCUT2D eigenvalue weighted by Gasteiger charge is -2.05. The fourth-order valence-electron chi connectivity index (χ4n) is 1.95. The number of rotatable bonds is 6. The first-order chi connectivity index (χ1) is 10.5. The molecule has 22 heavy (non-hydrogen) atoms. The molecular formula is C14H15BrN4O3. The van der Waals surface area contributed by atoms with E-state index in [1.807, 2.05) is 24.3 Å². The Morgan fingerprint density at radius 2 is 2.09 bits per heavy atom. The molecule has 0 aliphatic rings. The van der Waals surface area contributed by atoms with Gasteiger partial charge in [-0.15, -0.1) is 0 Å². The van der Waals surface area contributed by atoms with Crippen LogP contribution in [0.15, 0.2) is 34.8 Å². The summed E-state index contributed by atoms with van der Waals surface area (Å²) in [5.74, 6) is -0.265. The molecular weight excluding hydrogens is 352 g/mol. The Morgan fingerprint density at radius 3 is 2.68 bits per heavy atom. The second kappa shape index (κ2) is 7.17. The van der Waals surface area contributed by atoms with E-state index in [0.29, 0.717) is 25.1 Å². The van der Waals surface area contributed by atoms with Crippen molar-refractivity contribution in [3.05, 3.63) is 50.6 Å². The first kappa shape index (κ1) is 16.2. The van der Waals surface area contributed by atoms with Crippen molar-refractivity contribution in [1.82, 2.24) is 9.78 Å². The predicted octanol–water partition coefficient (Wildman–Crippen LogP) is 3.28. The number of hydrogen-bond donors (Lipinski definition) is 1. The molecule has 7 nitrogen and oxygen atoms in total. The number of carbonyl (C=O) groups excluding carboxylic acids is 1. The van der Waals surface area contributed by atoms with Crippen LogP contribution in [0.4, 0.5) is 11.5 Å². The van der Waals surface area contributed by atoms with Gasteiger partial charge in [0, 0.05) is 16.6 Å². The smallest absolute Gasteiger partial charge is 0.358 e. The van der Waals surface area contributed by atoms with E-state index >= 15 is 0 Å². The van der Waals surface area contributed by atoms with E-state index in [1.165, 1.54) is 6.07 Å². The van der Waals surface area contributed by atoms with Crippen molar-refractivity contribution in [2.45, 2.75) is 26.3 Å². The number of aromatic nitrogens is 2. The Kier molecular flexibility index (Phi) is 5.26. The third-order valence-electron chi connectivity index (χ3n) is 3.06. The molecule has 0 spiro atoms. The van der Waals surface area contributed by atoms with Crippen LogP contribution in [0.25, 0.3) is 0 Å². The maximum Gasteiger partial charge on any atom is 0.390 e. The Balaban J connectivity index is 1.82. The van der Waals surface area contributed by atoms with Crippen LogP contribution in [0.1, 0.15) is 18.5 Å². The number of aryl methyl sites for hydroxylation is 2. The Hall–Kier alpha value is -2.22. The van der Waals surface area contributed by atoms with Gasteiger partial charge >= 0.3 is 5.82 Å². The van der Waals surface area contributed by atoms with Crippen molar-refractivity contribution < 1.29 is 9.72 Å². The fraction of sp³-hybridized carbons (Fsp3) is 0.286. The molecule has 0 unspecified atom stereocenters. The molecule has 0 aliphatic heterocycles. The normalized spacial score (nSPS) is 10.5. The summed E-state index contributed by atoms with van der Waals surface area (Å²) in [6.07, 6.45) is 0.880. The molecule has 2 rings (SSSR count). The highest BCUT2D eigenvalue weighted by Gasteiger charge is 2.15. The number of halogens is 1. The molecule has 2 aromatic rings. The SMILES string of the molecule is Cc1cc([N+](=O)[O-])nn1CCCC(=O)Nc1ccc(Br)cc1. The average Bonchev–Trinajstić information content (AvgIpc) is 2.83. The van der Waals surface area contributed by atoms with Gasteiger partial charge in [0.25, 0.3) is 0 Å². The average molecular weight is 367 g/mol. The zero-order chi connectivity index (χ0) is 16.1. The molecule has 1 aromatic carbocycles. The van der Waals surface area contributed by atoms with E-state index in [1.54, 1.807) is 11.6 Å². The quantitative estimate of drug-likeness (QED) is 0.627. The molecule has 0 fully saturated rings. The van der Waals surface area contributed by atoms with Gasteiger partial charge in [0.2, 0.25) is 5.91 Å². The highest BCUT2D eigenvalue weighted by atomic mass is 79.9. The Morgan fingerprint density at radius 1 is 1.41 bits per heavy atom. The third-order valence-corrected chi connectivity index (χ3v) is 3.59. The van der Waals surface area contributed by atoms with Gasteiger partial charge < -0.3 is 15.4 Å². The first-order valence-electron chi connectivity index (χ1n) is 6.70. The summed E-state index contributed by atoms with van der Waals surface area (Å²) in [7, 11) is 0. The van der Waals surface area contributed by atoms with Crippen molar-refractivity contribution in [3.8, 4) is 0 Å². The van der Waals surface area contributed by atoms with Crippen LogP contribution in [0, 0.1) is 17.0 Å². The lowest BCUT2D eigenvalue weighted by atomic mass is 10.2. The minimum absolute atomic E-state index is 0.0957. The summed E-state index contributed by atoms with van der Waals surface area (Å²) in [4.78, 5) is 21.9. The molecule has 1 amide bonds. The largest absolute Gasteiger partial charge is 0.390 e. The first-order valence-corrected chi connectivity index (χ1v) is 7.49. The van der Waals surface area contributed by atoms with Gasteiger partial charge in [-0.3, -0.25) is 4.79 Å². The summed E-state index contributed by atoms with van der Waals surface area (Å²) in [6, 6.07) is 8.73. The Labute approximate surface area is 135 Å². The summed E-state index contributed by atoms with van der Waals surface area (Å²) < 4.78 is 2.49. The summed E-state index contributed by atoms with van der Waals surface area (Å²) in [6.45, 7) is 2.22. The van der Waals surface area contributed by atoms with Crippen LogP contribution >= 0.6 is 15.9 Å². The number of nitro groups is 1. The molecule has 1 N–H and O–H groups in total. The lowest BCUT2D eigenvalue weighted by Crippen LogP contribution is -2.13. The van der Waals surface area contributed by atoms with E-state index in [9.17, 15) is 14.9 Å². The lowest BCUT2D eigenvalue weighted by molar-refractivity contribution is -0.389. The van der Waals surface area contributed by atoms with Gasteiger partial charge in [-0.1, -0.05) is 15.9 Å². The van der Waals surface area contributed by atoms with Crippen LogP contribution in [0.3, 0.4) is 0 Å². The van der Waals surface area contributed by atoms with Crippen LogP contribution in [-0.4, -0.2) is 20.6 Å². The zero-order valence-electron chi connectivity index (χ0n) is 12.0. The van der Waals surface area contributed by atoms with E-state index in [4.69, 9.17) is 0 Å². The summed E-state index contributed by atoms with van der Waals surface area (Å²) >= 11 is 3.33. The standard InChI is InChI=1S/C14H15BrN4O3/c1-10-9-13(19(21)22)17-18(10)8-2-3-14(20)16-12-6-4-11(15)5-7-12/h4-7,9H,2-3,8H2,1H3,(H,16,20). The van der Waals surface area contributed by atoms with Crippen LogP contribution < -0.4 is 5.32 Å². The third kappa shape index (κ3) is 4.39. The van der Waals surface area contributed by atoms with Crippen molar-refractivity contribution in [2.75, 3.05) is 5.32 Å². The fourth-order valence-corrected chi connectivity index (χ4v) is 2.22. The highest BCUT2D eigenvalue weighted by molar-refractivity contribution is 9.10. The van der Waals surface area contributed by atoms with Crippen molar-refractivity contribution in [2.24, 2.45) is 0 Å². The molecule has 1 heterocycles. The minimum atomic E-state index is -0.524. The van der Waals surface area contributed by atoms with E-state index < -0.39 is 4.92 Å². The Bertz CT molecular complexity index is 682. The maximum absolute atomic E-state index is 11.8. The number of carbonyl (C=O) groups is 1. The van der Waals surface area contributed by atoms with E-state index in [0.717, 1.165) is 10.2 Å². The van der Waals surface area contributed by atoms with Crippen LogP contribution in [0.2, 0.25) is 0 Å².